The SMILES string of the molecule is COC(=O)c1ccc(-n2nnc(COC(N)C(=O)OC(C)(C)C)n2)cc1. The second-order valence-corrected chi connectivity index (χ2v) is 6.30. The first-order valence-corrected chi connectivity index (χ1v) is 7.77. The van der Waals surface area contributed by atoms with Crippen LogP contribution in [0.3, 0.4) is 0 Å². The average Bonchev–Trinajstić information content (AvgIpc) is 3.06. The molecule has 140 valence electrons. The van der Waals surface area contributed by atoms with Gasteiger partial charge in [-0.05, 0) is 50.3 Å². The molecule has 0 fully saturated rings. The summed E-state index contributed by atoms with van der Waals surface area (Å²) in [5, 5.41) is 11.8. The van der Waals surface area contributed by atoms with Crippen molar-refractivity contribution in [3.63, 3.8) is 0 Å². The first-order valence-electron chi connectivity index (χ1n) is 7.77. The van der Waals surface area contributed by atoms with Crippen molar-refractivity contribution < 1.29 is 23.8 Å². The number of methoxy groups -OCH3 is 1. The van der Waals surface area contributed by atoms with Crippen molar-refractivity contribution in [2.45, 2.75) is 39.2 Å². The smallest absolute Gasteiger partial charge is 0.350 e. The van der Waals surface area contributed by atoms with E-state index in [1.807, 2.05) is 0 Å². The monoisotopic (exact) mass is 363 g/mol. The minimum atomic E-state index is -1.25. The van der Waals surface area contributed by atoms with Crippen LogP contribution >= 0.6 is 0 Å². The molecule has 0 bridgehead atoms. The van der Waals surface area contributed by atoms with Crippen LogP contribution in [-0.2, 0) is 25.6 Å². The highest BCUT2D eigenvalue weighted by atomic mass is 16.6. The van der Waals surface area contributed by atoms with E-state index < -0.39 is 23.8 Å². The molecule has 0 aliphatic rings. The van der Waals surface area contributed by atoms with E-state index in [0.29, 0.717) is 11.3 Å². The van der Waals surface area contributed by atoms with Crippen molar-refractivity contribution in [3.05, 3.63) is 35.7 Å². The quantitative estimate of drug-likeness (QED) is 0.578. The Morgan fingerprint density at radius 2 is 1.88 bits per heavy atom. The summed E-state index contributed by atoms with van der Waals surface area (Å²) >= 11 is 0. The number of carbonyl (C=O) groups is 2. The molecule has 2 rings (SSSR count). The molecular weight excluding hydrogens is 342 g/mol. The summed E-state index contributed by atoms with van der Waals surface area (Å²) in [7, 11) is 1.31. The Kier molecular flexibility index (Phi) is 6.01. The van der Waals surface area contributed by atoms with E-state index in [1.54, 1.807) is 45.0 Å². The zero-order chi connectivity index (χ0) is 19.3. The third kappa shape index (κ3) is 5.33. The fourth-order valence-corrected chi connectivity index (χ4v) is 1.85. The fourth-order valence-electron chi connectivity index (χ4n) is 1.85. The van der Waals surface area contributed by atoms with Gasteiger partial charge >= 0.3 is 11.9 Å². The highest BCUT2D eigenvalue weighted by molar-refractivity contribution is 5.89. The zero-order valence-corrected chi connectivity index (χ0v) is 15.0. The molecule has 0 spiro atoms. The summed E-state index contributed by atoms with van der Waals surface area (Å²) in [5.41, 5.74) is 5.96. The van der Waals surface area contributed by atoms with Gasteiger partial charge in [-0.3, -0.25) is 5.73 Å². The standard InChI is InChI=1S/C16H21N5O5/c1-16(2,3)26-15(23)13(17)25-9-12-18-20-21(19-12)11-7-5-10(6-8-11)14(22)24-4/h5-8,13H,9,17H2,1-4H3. The van der Waals surface area contributed by atoms with Crippen LogP contribution in [0.15, 0.2) is 24.3 Å². The summed E-state index contributed by atoms with van der Waals surface area (Å²) in [6.07, 6.45) is -1.25. The van der Waals surface area contributed by atoms with Crippen LogP contribution in [0.1, 0.15) is 37.0 Å². The van der Waals surface area contributed by atoms with Crippen LogP contribution in [0.5, 0.6) is 0 Å². The van der Waals surface area contributed by atoms with Crippen LogP contribution < -0.4 is 5.73 Å². The Bertz CT molecular complexity index is 766. The van der Waals surface area contributed by atoms with Gasteiger partial charge in [0.25, 0.3) is 0 Å². The summed E-state index contributed by atoms with van der Waals surface area (Å²) in [6, 6.07) is 6.45. The predicted molar refractivity (Wildman–Crippen MR) is 89.1 cm³/mol. The fraction of sp³-hybridized carbons (Fsp3) is 0.438. The van der Waals surface area contributed by atoms with Gasteiger partial charge in [0, 0.05) is 0 Å². The summed E-state index contributed by atoms with van der Waals surface area (Å²) in [4.78, 5) is 24.4. The molecule has 0 radical (unpaired) electrons. The average molecular weight is 363 g/mol. The largest absolute Gasteiger partial charge is 0.465 e. The lowest BCUT2D eigenvalue weighted by Crippen LogP contribution is -2.39. The van der Waals surface area contributed by atoms with Crippen LogP contribution in [-0.4, -0.2) is 51.1 Å². The Morgan fingerprint density at radius 1 is 1.23 bits per heavy atom. The van der Waals surface area contributed by atoms with Crippen molar-refractivity contribution in [3.8, 4) is 5.69 Å². The van der Waals surface area contributed by atoms with Crippen molar-refractivity contribution in [2.75, 3.05) is 7.11 Å². The van der Waals surface area contributed by atoms with Crippen molar-refractivity contribution >= 4 is 11.9 Å². The molecule has 1 heterocycles. The molecule has 26 heavy (non-hydrogen) atoms. The van der Waals surface area contributed by atoms with E-state index in [1.165, 1.54) is 11.9 Å². The number of nitrogens with two attached hydrogens (primary N) is 1. The Balaban J connectivity index is 1.95. The molecule has 1 aromatic heterocycles. The van der Waals surface area contributed by atoms with Crippen molar-refractivity contribution in [1.82, 2.24) is 20.2 Å². The van der Waals surface area contributed by atoms with Gasteiger partial charge in [0.2, 0.25) is 12.1 Å². The van der Waals surface area contributed by atoms with Crippen molar-refractivity contribution in [1.29, 1.82) is 0 Å². The lowest BCUT2D eigenvalue weighted by atomic mass is 10.2. The highest BCUT2D eigenvalue weighted by Gasteiger charge is 2.23. The third-order valence-electron chi connectivity index (χ3n) is 3.01. The first-order chi connectivity index (χ1) is 12.2. The zero-order valence-electron chi connectivity index (χ0n) is 15.0. The summed E-state index contributed by atoms with van der Waals surface area (Å²) in [6.45, 7) is 5.09. The minimum Gasteiger partial charge on any atom is -0.465 e. The van der Waals surface area contributed by atoms with E-state index in [2.05, 4.69) is 20.1 Å². The molecule has 0 aliphatic heterocycles. The molecule has 0 saturated carbocycles. The second kappa shape index (κ2) is 8.02. The Hall–Kier alpha value is -2.85. The number of carbonyl (C=O) groups excluding carboxylic acids is 2. The molecule has 1 aromatic carbocycles. The highest BCUT2D eigenvalue weighted by Crippen LogP contribution is 2.10. The van der Waals surface area contributed by atoms with Crippen LogP contribution in [0.4, 0.5) is 0 Å². The number of hydrogen-bond donors (Lipinski definition) is 1. The second-order valence-electron chi connectivity index (χ2n) is 6.30. The van der Waals surface area contributed by atoms with Gasteiger partial charge in [-0.2, -0.15) is 0 Å². The maximum atomic E-state index is 11.7. The first kappa shape index (κ1) is 19.5. The van der Waals surface area contributed by atoms with Gasteiger partial charge in [-0.1, -0.05) is 0 Å². The molecular formula is C16H21N5O5. The maximum absolute atomic E-state index is 11.7. The number of rotatable bonds is 6. The number of tetrazole rings is 1. The number of nitrogens with zero attached hydrogens (tertiary/aromatic N) is 4. The van der Waals surface area contributed by atoms with E-state index in [4.69, 9.17) is 15.2 Å². The van der Waals surface area contributed by atoms with Crippen LogP contribution in [0.25, 0.3) is 5.69 Å². The molecule has 0 aliphatic carbocycles. The van der Waals surface area contributed by atoms with E-state index in [-0.39, 0.29) is 12.4 Å². The van der Waals surface area contributed by atoms with Gasteiger partial charge < -0.3 is 14.2 Å². The van der Waals surface area contributed by atoms with E-state index in [0.717, 1.165) is 0 Å². The lowest BCUT2D eigenvalue weighted by Gasteiger charge is -2.21. The third-order valence-corrected chi connectivity index (χ3v) is 3.01. The number of hydrogen-bond acceptors (Lipinski definition) is 9. The van der Waals surface area contributed by atoms with Gasteiger partial charge in [0.05, 0.1) is 18.4 Å². The molecule has 0 saturated heterocycles. The normalized spacial score (nSPS) is 12.5. The van der Waals surface area contributed by atoms with Gasteiger partial charge in [0.15, 0.2) is 0 Å². The molecule has 2 N–H and O–H groups in total. The van der Waals surface area contributed by atoms with Crippen molar-refractivity contribution in [2.24, 2.45) is 5.73 Å². The molecule has 10 heteroatoms. The molecule has 1 atom stereocenters. The number of benzene rings is 1. The summed E-state index contributed by atoms with van der Waals surface area (Å²) in [5.74, 6) is -0.877. The molecule has 1 unspecified atom stereocenters. The molecule has 10 nitrogen and oxygen atoms in total. The van der Waals surface area contributed by atoms with Gasteiger partial charge in [-0.25, -0.2) is 9.59 Å². The van der Waals surface area contributed by atoms with Gasteiger partial charge in [-0.15, -0.1) is 15.0 Å². The number of aromatic nitrogens is 4. The molecule has 0 amide bonds. The molecule has 2 aromatic rings. The van der Waals surface area contributed by atoms with E-state index in [9.17, 15) is 9.59 Å². The van der Waals surface area contributed by atoms with Crippen LogP contribution in [0, 0.1) is 0 Å². The van der Waals surface area contributed by atoms with Gasteiger partial charge in [0.1, 0.15) is 12.2 Å². The number of ether oxygens (including phenoxy) is 3. The lowest BCUT2D eigenvalue weighted by molar-refractivity contribution is -0.169. The maximum Gasteiger partial charge on any atom is 0.350 e. The number of esters is 2. The predicted octanol–water partition coefficient (Wildman–Crippen LogP) is 0.592. The minimum absolute atomic E-state index is 0.110. The summed E-state index contributed by atoms with van der Waals surface area (Å²) < 4.78 is 15.0. The Labute approximate surface area is 150 Å². The van der Waals surface area contributed by atoms with Crippen LogP contribution in [0.2, 0.25) is 0 Å². The van der Waals surface area contributed by atoms with E-state index >= 15 is 0 Å². The Morgan fingerprint density at radius 3 is 2.46 bits per heavy atom. The topological polar surface area (TPSA) is 131 Å².